The van der Waals surface area contributed by atoms with Crippen LogP contribution in [0.5, 0.6) is 0 Å². The van der Waals surface area contributed by atoms with Crippen molar-refractivity contribution in [2.75, 3.05) is 20.6 Å². The maximum Gasteiger partial charge on any atom is 0.407 e. The predicted octanol–water partition coefficient (Wildman–Crippen LogP) is 0.870. The zero-order valence-corrected chi connectivity index (χ0v) is 20.1. The summed E-state index contributed by atoms with van der Waals surface area (Å²) in [6, 6.07) is -2.19. The summed E-state index contributed by atoms with van der Waals surface area (Å²) in [6.07, 6.45) is -0.133. The molecule has 184 valence electrons. The van der Waals surface area contributed by atoms with E-state index in [1.54, 1.807) is 48.7 Å². The average Bonchev–Trinajstić information content (AvgIpc) is 2.62. The Morgan fingerprint density at radius 1 is 1.00 bits per heavy atom. The summed E-state index contributed by atoms with van der Waals surface area (Å²) in [5.41, 5.74) is -0.688. The Hall–Kier alpha value is -2.85. The molecular formula is C21H38N4O7. The normalized spacial score (nSPS) is 13.0. The average molecular weight is 459 g/mol. The number of aliphatic carboxylic acids is 1. The van der Waals surface area contributed by atoms with Crippen LogP contribution in [0.1, 0.15) is 60.3 Å². The highest BCUT2D eigenvalue weighted by Gasteiger charge is 2.28. The van der Waals surface area contributed by atoms with Gasteiger partial charge in [-0.1, -0.05) is 13.8 Å². The first kappa shape index (κ1) is 29.1. The van der Waals surface area contributed by atoms with Gasteiger partial charge in [-0.2, -0.15) is 0 Å². The van der Waals surface area contributed by atoms with E-state index < -0.39 is 41.6 Å². The van der Waals surface area contributed by atoms with Gasteiger partial charge < -0.3 is 30.7 Å². The van der Waals surface area contributed by atoms with Crippen molar-refractivity contribution in [3.8, 4) is 0 Å². The van der Waals surface area contributed by atoms with Crippen molar-refractivity contribution >= 4 is 29.8 Å². The van der Waals surface area contributed by atoms with Gasteiger partial charge in [0.1, 0.15) is 17.7 Å². The van der Waals surface area contributed by atoms with Crippen LogP contribution in [0.3, 0.4) is 0 Å². The molecule has 0 aliphatic carbocycles. The van der Waals surface area contributed by atoms with Crippen LogP contribution in [0.2, 0.25) is 0 Å². The van der Waals surface area contributed by atoms with Crippen LogP contribution < -0.4 is 16.0 Å². The molecule has 11 nitrogen and oxygen atoms in total. The molecule has 4 N–H and O–H groups in total. The maximum atomic E-state index is 12.6. The Morgan fingerprint density at radius 3 is 2.06 bits per heavy atom. The van der Waals surface area contributed by atoms with Crippen molar-refractivity contribution in [2.24, 2.45) is 5.92 Å². The molecular weight excluding hydrogens is 420 g/mol. The molecule has 32 heavy (non-hydrogen) atoms. The predicted molar refractivity (Wildman–Crippen MR) is 118 cm³/mol. The highest BCUT2D eigenvalue weighted by Crippen LogP contribution is 2.07. The lowest BCUT2D eigenvalue weighted by Crippen LogP contribution is -2.54. The molecule has 4 amide bonds. The van der Waals surface area contributed by atoms with E-state index in [1.165, 1.54) is 4.90 Å². The number of ether oxygens (including phenoxy) is 1. The highest BCUT2D eigenvalue weighted by atomic mass is 16.6. The summed E-state index contributed by atoms with van der Waals surface area (Å²) in [6.45, 7) is 8.53. The second kappa shape index (κ2) is 13.5. The molecule has 0 bridgehead atoms. The molecule has 0 saturated carbocycles. The summed E-state index contributed by atoms with van der Waals surface area (Å²) in [5, 5.41) is 16.9. The monoisotopic (exact) mass is 458 g/mol. The van der Waals surface area contributed by atoms with E-state index >= 15 is 0 Å². The minimum absolute atomic E-state index is 0.0230. The minimum atomic E-state index is -1.26. The Bertz CT molecular complexity index is 672. The number of carboxylic acid groups (broad SMARTS) is 1. The van der Waals surface area contributed by atoms with Gasteiger partial charge in [-0.15, -0.1) is 0 Å². The molecule has 0 unspecified atom stereocenters. The smallest absolute Gasteiger partial charge is 0.407 e. The van der Waals surface area contributed by atoms with Gasteiger partial charge in [0.05, 0.1) is 0 Å². The summed E-state index contributed by atoms with van der Waals surface area (Å²) in [7, 11) is 3.26. The van der Waals surface area contributed by atoms with Crippen LogP contribution in [0.15, 0.2) is 0 Å². The first-order valence-corrected chi connectivity index (χ1v) is 10.6. The zero-order valence-electron chi connectivity index (χ0n) is 20.1. The number of carbonyl (C=O) groups excluding carboxylic acids is 4. The Labute approximate surface area is 189 Å². The third-order valence-corrected chi connectivity index (χ3v) is 4.27. The SMILES string of the molecule is CC(C)[C@H](NC(=O)CCCC(=O)N(C)C)C(=O)N[C@@H](CCNC(=O)OC(C)(C)C)C(=O)O. The number of alkyl carbamates (subject to hydrolysis) is 1. The Kier molecular flexibility index (Phi) is 12.3. The molecule has 0 aliphatic heterocycles. The quantitative estimate of drug-likeness (QED) is 0.338. The van der Waals surface area contributed by atoms with E-state index in [1.807, 2.05) is 0 Å². The van der Waals surface area contributed by atoms with Crippen LogP contribution in [0.4, 0.5) is 4.79 Å². The Morgan fingerprint density at radius 2 is 1.59 bits per heavy atom. The molecule has 0 aromatic carbocycles. The summed E-state index contributed by atoms with van der Waals surface area (Å²) < 4.78 is 5.08. The number of nitrogens with zero attached hydrogens (tertiary/aromatic N) is 1. The number of carbonyl (C=O) groups is 5. The largest absolute Gasteiger partial charge is 0.480 e. The molecule has 0 rings (SSSR count). The van der Waals surface area contributed by atoms with E-state index in [9.17, 15) is 29.1 Å². The van der Waals surface area contributed by atoms with Crippen molar-refractivity contribution in [2.45, 2.75) is 78.0 Å². The number of hydrogen-bond acceptors (Lipinski definition) is 6. The van der Waals surface area contributed by atoms with Gasteiger partial charge in [0.15, 0.2) is 0 Å². The molecule has 11 heteroatoms. The van der Waals surface area contributed by atoms with Gasteiger partial charge in [0.2, 0.25) is 17.7 Å². The molecule has 2 atom stereocenters. The molecule has 0 radical (unpaired) electrons. The van der Waals surface area contributed by atoms with E-state index in [2.05, 4.69) is 16.0 Å². The maximum absolute atomic E-state index is 12.6. The van der Waals surface area contributed by atoms with Crippen LogP contribution >= 0.6 is 0 Å². The van der Waals surface area contributed by atoms with Crippen molar-refractivity contribution < 1.29 is 33.8 Å². The topological polar surface area (TPSA) is 154 Å². The van der Waals surface area contributed by atoms with Crippen LogP contribution in [-0.4, -0.2) is 78.1 Å². The lowest BCUT2D eigenvalue weighted by molar-refractivity contribution is -0.142. The van der Waals surface area contributed by atoms with Crippen molar-refractivity contribution in [3.05, 3.63) is 0 Å². The first-order chi connectivity index (χ1) is 14.6. The zero-order chi connectivity index (χ0) is 25.1. The van der Waals surface area contributed by atoms with E-state index in [4.69, 9.17) is 4.74 Å². The molecule has 0 fully saturated rings. The van der Waals surface area contributed by atoms with Gasteiger partial charge in [0.25, 0.3) is 0 Å². The van der Waals surface area contributed by atoms with Crippen molar-refractivity contribution in [1.29, 1.82) is 0 Å². The molecule has 0 aromatic heterocycles. The van der Waals surface area contributed by atoms with Gasteiger partial charge in [-0.05, 0) is 39.5 Å². The minimum Gasteiger partial charge on any atom is -0.480 e. The summed E-state index contributed by atoms with van der Waals surface area (Å²) in [4.78, 5) is 61.1. The summed E-state index contributed by atoms with van der Waals surface area (Å²) >= 11 is 0. The van der Waals surface area contributed by atoms with E-state index in [-0.39, 0.29) is 37.6 Å². The van der Waals surface area contributed by atoms with E-state index in [0.29, 0.717) is 6.42 Å². The van der Waals surface area contributed by atoms with Crippen molar-refractivity contribution in [1.82, 2.24) is 20.9 Å². The Balaban J connectivity index is 4.76. The number of nitrogens with one attached hydrogen (secondary N) is 3. The highest BCUT2D eigenvalue weighted by molar-refractivity contribution is 5.90. The third-order valence-electron chi connectivity index (χ3n) is 4.27. The van der Waals surface area contributed by atoms with Gasteiger partial charge in [0, 0.05) is 33.5 Å². The van der Waals surface area contributed by atoms with Gasteiger partial charge in [-0.3, -0.25) is 14.4 Å². The number of rotatable bonds is 12. The summed E-state index contributed by atoms with van der Waals surface area (Å²) in [5.74, 6) is -2.69. The second-order valence-corrected chi connectivity index (χ2v) is 9.05. The van der Waals surface area contributed by atoms with E-state index in [0.717, 1.165) is 0 Å². The second-order valence-electron chi connectivity index (χ2n) is 9.05. The molecule has 0 saturated heterocycles. The van der Waals surface area contributed by atoms with Crippen LogP contribution in [0, 0.1) is 5.92 Å². The fourth-order valence-electron chi connectivity index (χ4n) is 2.56. The third kappa shape index (κ3) is 12.8. The number of hydrogen-bond donors (Lipinski definition) is 4. The molecule has 0 aliphatic rings. The number of carboxylic acids is 1. The lowest BCUT2D eigenvalue weighted by Gasteiger charge is -2.24. The first-order valence-electron chi connectivity index (χ1n) is 10.6. The molecule has 0 spiro atoms. The fourth-order valence-corrected chi connectivity index (χ4v) is 2.56. The molecule has 0 heterocycles. The lowest BCUT2D eigenvalue weighted by atomic mass is 10.0. The van der Waals surface area contributed by atoms with Crippen LogP contribution in [0.25, 0.3) is 0 Å². The standard InChI is InChI=1S/C21H38N4O7/c1-13(2)17(24-15(26)9-8-10-16(27)25(6)7)18(28)23-14(19(29)30)11-12-22-20(31)32-21(3,4)5/h13-14,17H,8-12H2,1-7H3,(H,22,31)(H,23,28)(H,24,26)(H,29,30)/t14-,17-/m0/s1. The van der Waals surface area contributed by atoms with Crippen LogP contribution in [-0.2, 0) is 23.9 Å². The van der Waals surface area contributed by atoms with Gasteiger partial charge in [-0.25, -0.2) is 9.59 Å². The van der Waals surface area contributed by atoms with Gasteiger partial charge >= 0.3 is 12.1 Å². The van der Waals surface area contributed by atoms with Crippen molar-refractivity contribution in [3.63, 3.8) is 0 Å². The fraction of sp³-hybridized carbons (Fsp3) is 0.762. The molecule has 0 aromatic rings. The number of amides is 4.